The van der Waals surface area contributed by atoms with Gasteiger partial charge in [-0.3, -0.25) is 14.3 Å². The number of alkyl halides is 2. The van der Waals surface area contributed by atoms with E-state index in [2.05, 4.69) is 6.58 Å². The van der Waals surface area contributed by atoms with E-state index < -0.39 is 30.2 Å². The lowest BCUT2D eigenvalue weighted by atomic mass is 9.96. The maximum absolute atomic E-state index is 16.0. The molecule has 244 valence electrons. The van der Waals surface area contributed by atoms with E-state index in [1.807, 2.05) is 6.92 Å². The summed E-state index contributed by atoms with van der Waals surface area (Å²) in [5.41, 5.74) is 1.59. The van der Waals surface area contributed by atoms with Gasteiger partial charge < -0.3 is 18.9 Å². The maximum atomic E-state index is 16.0. The summed E-state index contributed by atoms with van der Waals surface area (Å²) in [5.74, 6) is -2.05. The summed E-state index contributed by atoms with van der Waals surface area (Å²) in [4.78, 5) is 31.6. The first-order chi connectivity index (χ1) is 22.6. The van der Waals surface area contributed by atoms with Crippen LogP contribution in [-0.2, 0) is 22.6 Å². The molecule has 1 amide bonds. The van der Waals surface area contributed by atoms with Gasteiger partial charge in [0.1, 0.15) is 35.4 Å². The molecule has 0 radical (unpaired) electrons. The van der Waals surface area contributed by atoms with Crippen molar-refractivity contribution in [3.63, 3.8) is 0 Å². The minimum Gasteiger partial charge on any atom is -0.490 e. The third-order valence-electron chi connectivity index (χ3n) is 7.97. The van der Waals surface area contributed by atoms with Gasteiger partial charge in [-0.15, -0.1) is 11.3 Å². The van der Waals surface area contributed by atoms with E-state index in [4.69, 9.17) is 19.6 Å². The predicted octanol–water partition coefficient (Wildman–Crippen LogP) is 6.31. The fraction of sp³-hybridized carbons (Fsp3) is 0.273. The highest BCUT2D eigenvalue weighted by Gasteiger charge is 2.31. The number of halogens is 4. The maximum Gasteiger partial charge on any atom is 0.256 e. The second kappa shape index (κ2) is 13.1. The van der Waals surface area contributed by atoms with E-state index in [0.29, 0.717) is 45.8 Å². The SMILES string of the molecule is C=CC(=O)N1CCn2nc(-c3nc(-c4ccc(=O)n(CC(F)F)c4)c4ccsc4c3-c3c(F)cc(F)cc3OCCOC)cc2[C@H]1C. The van der Waals surface area contributed by atoms with Crippen LogP contribution in [-0.4, -0.2) is 63.4 Å². The van der Waals surface area contributed by atoms with Crippen LogP contribution in [0.3, 0.4) is 0 Å². The van der Waals surface area contributed by atoms with Crippen LogP contribution in [0.4, 0.5) is 17.6 Å². The Bertz CT molecular complexity index is 2060. The van der Waals surface area contributed by atoms with Gasteiger partial charge in [0.2, 0.25) is 5.91 Å². The number of thiophene rings is 1. The van der Waals surface area contributed by atoms with E-state index >= 15 is 4.39 Å². The number of methoxy groups -OCH3 is 1. The third kappa shape index (κ3) is 6.05. The van der Waals surface area contributed by atoms with Gasteiger partial charge >= 0.3 is 0 Å². The number of rotatable bonds is 10. The summed E-state index contributed by atoms with van der Waals surface area (Å²) >= 11 is 1.27. The lowest BCUT2D eigenvalue weighted by molar-refractivity contribution is -0.129. The van der Waals surface area contributed by atoms with Crippen molar-refractivity contribution in [2.45, 2.75) is 32.5 Å². The molecule has 0 N–H and O–H groups in total. The highest BCUT2D eigenvalue weighted by atomic mass is 32.1. The van der Waals surface area contributed by atoms with Crippen LogP contribution in [0.5, 0.6) is 5.75 Å². The summed E-state index contributed by atoms with van der Waals surface area (Å²) in [6.45, 7) is 5.57. The smallest absolute Gasteiger partial charge is 0.256 e. The first-order valence-electron chi connectivity index (χ1n) is 14.6. The van der Waals surface area contributed by atoms with Gasteiger partial charge in [-0.25, -0.2) is 22.5 Å². The topological polar surface area (TPSA) is 91.5 Å². The van der Waals surface area contributed by atoms with Crippen molar-refractivity contribution >= 4 is 27.3 Å². The summed E-state index contributed by atoms with van der Waals surface area (Å²) < 4.78 is 71.3. The molecule has 0 fully saturated rings. The summed E-state index contributed by atoms with van der Waals surface area (Å²) in [6, 6.07) is 7.66. The first-order valence-corrected chi connectivity index (χ1v) is 15.5. The molecule has 47 heavy (non-hydrogen) atoms. The van der Waals surface area contributed by atoms with Gasteiger partial charge in [-0.2, -0.15) is 5.10 Å². The lowest BCUT2D eigenvalue weighted by Gasteiger charge is -2.33. The van der Waals surface area contributed by atoms with Crippen LogP contribution in [0, 0.1) is 11.6 Å². The van der Waals surface area contributed by atoms with Crippen molar-refractivity contribution in [2.24, 2.45) is 0 Å². The van der Waals surface area contributed by atoms with Crippen LogP contribution >= 0.6 is 11.3 Å². The fourth-order valence-corrected chi connectivity index (χ4v) is 6.75. The standard InChI is InChI=1S/C33H29F4N5O4S/c1-4-27(43)41-8-9-42-24(18(41)2)15-23(39-42)32-30(29-22(35)13-20(34)14-25(29)46-11-10-45-3)33-21(7-12-47-33)31(38-32)19-5-6-28(44)40(16-19)17-26(36)37/h4-7,12-16,18,26H,1,8-11,17H2,2-3H3/t18-/m1/s1. The molecule has 0 spiro atoms. The molecule has 5 heterocycles. The van der Waals surface area contributed by atoms with Crippen LogP contribution < -0.4 is 10.3 Å². The summed E-state index contributed by atoms with van der Waals surface area (Å²) in [6.07, 6.45) is -0.205. The van der Waals surface area contributed by atoms with Crippen molar-refractivity contribution in [1.29, 1.82) is 0 Å². The summed E-state index contributed by atoms with van der Waals surface area (Å²) in [7, 11) is 1.47. The lowest BCUT2D eigenvalue weighted by Crippen LogP contribution is -2.40. The molecule has 1 aromatic carbocycles. The van der Waals surface area contributed by atoms with Gasteiger partial charge in [0.25, 0.3) is 12.0 Å². The van der Waals surface area contributed by atoms with Crippen molar-refractivity contribution in [3.05, 3.63) is 88.3 Å². The molecular weight excluding hydrogens is 638 g/mol. The number of carbonyl (C=O) groups is 1. The average molecular weight is 668 g/mol. The Labute approximate surface area is 270 Å². The second-order valence-electron chi connectivity index (χ2n) is 10.8. The van der Waals surface area contributed by atoms with Gasteiger partial charge in [-0.05, 0) is 36.6 Å². The number of hydrogen-bond acceptors (Lipinski definition) is 7. The van der Waals surface area contributed by atoms with Crippen LogP contribution in [0.25, 0.3) is 43.9 Å². The highest BCUT2D eigenvalue weighted by molar-refractivity contribution is 7.18. The number of carbonyl (C=O) groups excluding carboxylic acids is 1. The zero-order chi connectivity index (χ0) is 33.4. The number of amides is 1. The zero-order valence-electron chi connectivity index (χ0n) is 25.4. The highest BCUT2D eigenvalue weighted by Crippen LogP contribution is 2.47. The Hall–Kier alpha value is -4.82. The van der Waals surface area contributed by atoms with E-state index in [9.17, 15) is 22.8 Å². The molecule has 14 heteroatoms. The summed E-state index contributed by atoms with van der Waals surface area (Å²) in [5, 5.41) is 7.12. The Morgan fingerprint density at radius 1 is 1.13 bits per heavy atom. The third-order valence-corrected chi connectivity index (χ3v) is 8.90. The van der Waals surface area contributed by atoms with Gasteiger partial charge in [0.05, 0.1) is 42.7 Å². The molecular formula is C33H29F4N5O4S. The van der Waals surface area contributed by atoms with Gasteiger partial charge in [-0.1, -0.05) is 6.58 Å². The molecule has 1 aliphatic heterocycles. The molecule has 0 aliphatic carbocycles. The Morgan fingerprint density at radius 2 is 1.94 bits per heavy atom. The van der Waals surface area contributed by atoms with E-state index in [1.54, 1.807) is 27.1 Å². The molecule has 1 atom stereocenters. The molecule has 9 nitrogen and oxygen atoms in total. The number of fused-ring (bicyclic) bond motifs is 2. The predicted molar refractivity (Wildman–Crippen MR) is 170 cm³/mol. The zero-order valence-corrected chi connectivity index (χ0v) is 26.2. The van der Waals surface area contributed by atoms with Gasteiger partial charge in [0.15, 0.2) is 0 Å². The van der Waals surface area contributed by atoms with E-state index in [0.717, 1.165) is 16.7 Å². The van der Waals surface area contributed by atoms with Gasteiger partial charge in [0, 0.05) is 59.3 Å². The van der Waals surface area contributed by atoms with Crippen molar-refractivity contribution in [1.82, 2.24) is 24.2 Å². The van der Waals surface area contributed by atoms with E-state index in [1.165, 1.54) is 42.9 Å². The number of nitrogens with zero attached hydrogens (tertiary/aromatic N) is 5. The van der Waals surface area contributed by atoms with Crippen LogP contribution in [0.2, 0.25) is 0 Å². The Morgan fingerprint density at radius 3 is 2.68 bits per heavy atom. The minimum absolute atomic E-state index is 0.00988. The Balaban J connectivity index is 1.64. The number of hydrogen-bond donors (Lipinski definition) is 0. The minimum atomic E-state index is -2.76. The molecule has 4 aromatic heterocycles. The molecule has 0 bridgehead atoms. The van der Waals surface area contributed by atoms with Crippen molar-refractivity contribution in [2.75, 3.05) is 26.9 Å². The van der Waals surface area contributed by atoms with Crippen molar-refractivity contribution < 1.29 is 31.8 Å². The number of ether oxygens (including phenoxy) is 2. The number of aromatic nitrogens is 4. The van der Waals surface area contributed by atoms with Crippen molar-refractivity contribution in [3.8, 4) is 39.5 Å². The molecule has 0 saturated heterocycles. The Kier molecular flexibility index (Phi) is 8.97. The number of benzene rings is 1. The quantitative estimate of drug-likeness (QED) is 0.0985. The van der Waals surface area contributed by atoms with E-state index in [-0.39, 0.29) is 47.7 Å². The molecule has 6 rings (SSSR count). The molecule has 0 unspecified atom stereocenters. The molecule has 5 aromatic rings. The normalized spacial score (nSPS) is 14.5. The number of pyridine rings is 2. The van der Waals surface area contributed by atoms with Crippen LogP contribution in [0.1, 0.15) is 18.7 Å². The largest absolute Gasteiger partial charge is 0.490 e. The monoisotopic (exact) mass is 667 g/mol. The molecule has 0 saturated carbocycles. The fourth-order valence-electron chi connectivity index (χ4n) is 5.80. The first kappa shape index (κ1) is 32.1. The van der Waals surface area contributed by atoms with Crippen LogP contribution in [0.15, 0.2) is 65.4 Å². The average Bonchev–Trinajstić information content (AvgIpc) is 3.70. The molecule has 1 aliphatic rings. The second-order valence-corrected chi connectivity index (χ2v) is 11.8.